The Hall–Kier alpha value is -0.0800. The molecule has 2 heteroatoms. The molecule has 90 valence electrons. The fourth-order valence-electron chi connectivity index (χ4n) is 2.87. The molecule has 1 saturated heterocycles. The molecule has 1 aliphatic heterocycles. The summed E-state index contributed by atoms with van der Waals surface area (Å²) in [6, 6.07) is 0.770. The van der Waals surface area contributed by atoms with Gasteiger partial charge in [-0.3, -0.25) is 4.90 Å². The minimum Gasteiger partial charge on any atom is -0.328 e. The van der Waals surface area contributed by atoms with Gasteiger partial charge in [-0.15, -0.1) is 0 Å². The highest BCUT2D eigenvalue weighted by molar-refractivity contribution is 4.98. The van der Waals surface area contributed by atoms with Gasteiger partial charge in [0.05, 0.1) is 27.2 Å². The van der Waals surface area contributed by atoms with Crippen LogP contribution in [0.5, 0.6) is 0 Å². The lowest BCUT2D eigenvalue weighted by Crippen LogP contribution is -2.64. The highest BCUT2D eigenvalue weighted by Crippen LogP contribution is 2.39. The van der Waals surface area contributed by atoms with Crippen LogP contribution in [0.1, 0.15) is 40.5 Å². The van der Waals surface area contributed by atoms with Gasteiger partial charge in [-0.25, -0.2) is 0 Å². The number of rotatable bonds is 1. The Kier molecular flexibility index (Phi) is 2.99. The molecule has 0 aromatic heterocycles. The topological polar surface area (TPSA) is 3.24 Å². The summed E-state index contributed by atoms with van der Waals surface area (Å²) in [4.78, 5) is 2.55. The van der Waals surface area contributed by atoms with Crippen LogP contribution in [0.2, 0.25) is 0 Å². The summed E-state index contributed by atoms with van der Waals surface area (Å²) in [5.74, 6) is 0. The van der Waals surface area contributed by atoms with Gasteiger partial charge in [0.1, 0.15) is 0 Å². The molecule has 0 spiro atoms. The standard InChI is InChI=1S/C13H29N2/c1-12(2)9-11(15(6,7)8)10-13(3,4)14(12)5/h11H,9-10H2,1-8H3/q+1. The van der Waals surface area contributed by atoms with Crippen molar-refractivity contribution in [2.45, 2.75) is 57.7 Å². The zero-order valence-corrected chi connectivity index (χ0v) is 11.9. The lowest BCUT2D eigenvalue weighted by Gasteiger charge is -2.55. The van der Waals surface area contributed by atoms with E-state index in [1.54, 1.807) is 0 Å². The van der Waals surface area contributed by atoms with Gasteiger partial charge >= 0.3 is 0 Å². The molecule has 0 amide bonds. The van der Waals surface area contributed by atoms with Crippen LogP contribution in [0.3, 0.4) is 0 Å². The summed E-state index contributed by atoms with van der Waals surface area (Å²) >= 11 is 0. The number of hydrogen-bond donors (Lipinski definition) is 0. The Bertz CT molecular complexity index is 217. The van der Waals surface area contributed by atoms with Gasteiger partial charge in [-0.05, 0) is 34.7 Å². The molecule has 1 fully saturated rings. The Morgan fingerprint density at radius 2 is 1.27 bits per heavy atom. The molecule has 0 aromatic carbocycles. The molecule has 0 unspecified atom stereocenters. The van der Waals surface area contributed by atoms with E-state index in [2.05, 4.69) is 60.8 Å². The van der Waals surface area contributed by atoms with Gasteiger partial charge in [0.25, 0.3) is 0 Å². The van der Waals surface area contributed by atoms with Crippen LogP contribution in [0.4, 0.5) is 0 Å². The maximum absolute atomic E-state index is 2.55. The number of likely N-dealkylation sites (tertiary alicyclic amines) is 1. The maximum atomic E-state index is 2.55. The van der Waals surface area contributed by atoms with E-state index in [4.69, 9.17) is 0 Å². The molecule has 2 nitrogen and oxygen atoms in total. The Balaban J connectivity index is 2.94. The van der Waals surface area contributed by atoms with Gasteiger partial charge in [0.15, 0.2) is 0 Å². The predicted molar refractivity (Wildman–Crippen MR) is 67.0 cm³/mol. The third-order valence-electron chi connectivity index (χ3n) is 4.38. The zero-order chi connectivity index (χ0) is 12.1. The molecule has 0 aromatic rings. The Morgan fingerprint density at radius 1 is 0.933 bits per heavy atom. The van der Waals surface area contributed by atoms with Gasteiger partial charge in [-0.1, -0.05) is 0 Å². The number of quaternary nitrogens is 1. The van der Waals surface area contributed by atoms with E-state index in [1.807, 2.05) is 0 Å². The second kappa shape index (κ2) is 3.46. The first-order valence-electron chi connectivity index (χ1n) is 6.02. The van der Waals surface area contributed by atoms with E-state index in [-0.39, 0.29) is 0 Å². The van der Waals surface area contributed by atoms with Crippen molar-refractivity contribution in [1.82, 2.24) is 4.90 Å². The molecule has 0 bridgehead atoms. The number of hydrogen-bond acceptors (Lipinski definition) is 1. The summed E-state index contributed by atoms with van der Waals surface area (Å²) in [7, 11) is 9.23. The second-order valence-corrected chi connectivity index (χ2v) is 7.36. The lowest BCUT2D eigenvalue weighted by molar-refractivity contribution is -0.899. The quantitative estimate of drug-likeness (QED) is 0.604. The molecule has 1 rings (SSSR count). The van der Waals surface area contributed by atoms with Crippen LogP contribution in [-0.2, 0) is 0 Å². The molecular formula is C13H29N2+. The molecule has 0 saturated carbocycles. The molecule has 0 N–H and O–H groups in total. The van der Waals surface area contributed by atoms with Crippen LogP contribution in [0.15, 0.2) is 0 Å². The zero-order valence-electron chi connectivity index (χ0n) is 11.9. The summed E-state index contributed by atoms with van der Waals surface area (Å²) in [6.07, 6.45) is 2.58. The smallest absolute Gasteiger partial charge is 0.0919 e. The Morgan fingerprint density at radius 3 is 1.53 bits per heavy atom. The van der Waals surface area contributed by atoms with Crippen molar-refractivity contribution in [3.05, 3.63) is 0 Å². The Labute approximate surface area is 95.8 Å². The molecule has 0 radical (unpaired) electrons. The summed E-state index contributed by atoms with van der Waals surface area (Å²) in [5, 5.41) is 0. The summed E-state index contributed by atoms with van der Waals surface area (Å²) in [5.41, 5.74) is 0.635. The number of piperidine rings is 1. The molecule has 15 heavy (non-hydrogen) atoms. The molecular weight excluding hydrogens is 184 g/mol. The third-order valence-corrected chi connectivity index (χ3v) is 4.38. The van der Waals surface area contributed by atoms with E-state index < -0.39 is 0 Å². The van der Waals surface area contributed by atoms with Crippen LogP contribution in [0.25, 0.3) is 0 Å². The largest absolute Gasteiger partial charge is 0.328 e. The van der Waals surface area contributed by atoms with E-state index in [9.17, 15) is 0 Å². The van der Waals surface area contributed by atoms with Gasteiger partial charge < -0.3 is 4.48 Å². The van der Waals surface area contributed by atoms with Gasteiger partial charge in [0, 0.05) is 23.9 Å². The fourth-order valence-corrected chi connectivity index (χ4v) is 2.87. The molecule has 1 aliphatic rings. The third kappa shape index (κ3) is 2.54. The van der Waals surface area contributed by atoms with Gasteiger partial charge in [-0.2, -0.15) is 0 Å². The van der Waals surface area contributed by atoms with E-state index in [0.717, 1.165) is 10.5 Å². The summed E-state index contributed by atoms with van der Waals surface area (Å²) in [6.45, 7) is 9.49. The van der Waals surface area contributed by atoms with Crippen molar-refractivity contribution in [2.75, 3.05) is 28.2 Å². The molecule has 0 atom stereocenters. The van der Waals surface area contributed by atoms with Gasteiger partial charge in [0.2, 0.25) is 0 Å². The van der Waals surface area contributed by atoms with Crippen LogP contribution < -0.4 is 0 Å². The predicted octanol–water partition coefficient (Wildman–Crippen LogP) is 2.34. The fraction of sp³-hybridized carbons (Fsp3) is 1.00. The lowest BCUT2D eigenvalue weighted by atomic mass is 9.76. The SMILES string of the molecule is CN1C(C)(C)CC([N+](C)(C)C)CC1(C)C. The minimum atomic E-state index is 0.317. The van der Waals surface area contributed by atoms with Crippen molar-refractivity contribution in [3.63, 3.8) is 0 Å². The van der Waals surface area contributed by atoms with E-state index in [1.165, 1.54) is 12.8 Å². The molecule has 1 heterocycles. The van der Waals surface area contributed by atoms with Crippen LogP contribution in [-0.4, -0.2) is 54.7 Å². The normalized spacial score (nSPS) is 28.0. The van der Waals surface area contributed by atoms with Crippen molar-refractivity contribution in [2.24, 2.45) is 0 Å². The summed E-state index contributed by atoms with van der Waals surface area (Å²) < 4.78 is 1.08. The van der Waals surface area contributed by atoms with Crippen molar-refractivity contribution < 1.29 is 4.48 Å². The van der Waals surface area contributed by atoms with E-state index >= 15 is 0 Å². The average Bonchev–Trinajstić information content (AvgIpc) is 1.97. The highest BCUT2D eigenvalue weighted by Gasteiger charge is 2.47. The van der Waals surface area contributed by atoms with Crippen LogP contribution in [0, 0.1) is 0 Å². The first kappa shape index (κ1) is 13.0. The monoisotopic (exact) mass is 213 g/mol. The van der Waals surface area contributed by atoms with Crippen molar-refractivity contribution in [1.29, 1.82) is 0 Å². The maximum Gasteiger partial charge on any atom is 0.0919 e. The van der Waals surface area contributed by atoms with E-state index in [0.29, 0.717) is 11.1 Å². The van der Waals surface area contributed by atoms with Crippen LogP contribution >= 0.6 is 0 Å². The van der Waals surface area contributed by atoms with Crippen molar-refractivity contribution in [3.8, 4) is 0 Å². The second-order valence-electron chi connectivity index (χ2n) is 7.36. The minimum absolute atomic E-state index is 0.317. The first-order valence-corrected chi connectivity index (χ1v) is 6.02. The van der Waals surface area contributed by atoms with Crippen molar-refractivity contribution >= 4 is 0 Å². The average molecular weight is 213 g/mol. The first-order chi connectivity index (χ1) is 6.47. The highest BCUT2D eigenvalue weighted by atomic mass is 15.3. The number of nitrogens with zero attached hydrogens (tertiary/aromatic N) is 2. The molecule has 0 aliphatic carbocycles.